The second-order valence-electron chi connectivity index (χ2n) is 5.02. The van der Waals surface area contributed by atoms with Crippen molar-refractivity contribution < 1.29 is 18.9 Å². The quantitative estimate of drug-likeness (QED) is 0.662. The molecular formula is C12H19AlO4P. The number of hydrogen-bond acceptors (Lipinski definition) is 2. The van der Waals surface area contributed by atoms with Crippen molar-refractivity contribution in [3.8, 4) is 5.75 Å². The normalized spacial score (nSPS) is 11.9. The van der Waals surface area contributed by atoms with Gasteiger partial charge in [-0.3, -0.25) is 9.79 Å². The molecule has 1 aromatic rings. The average Bonchev–Trinajstić information content (AvgIpc) is 2.14. The minimum absolute atomic E-state index is 0. The SMILES string of the molecule is CCc1ccc(OP(=O)(O)O)c(C(C)(C)C)c1.[Al]. The van der Waals surface area contributed by atoms with Crippen molar-refractivity contribution in [2.24, 2.45) is 0 Å². The van der Waals surface area contributed by atoms with Crippen molar-refractivity contribution in [2.75, 3.05) is 0 Å². The molecule has 3 radical (unpaired) electrons. The highest BCUT2D eigenvalue weighted by atomic mass is 31.2. The van der Waals surface area contributed by atoms with E-state index in [-0.39, 0.29) is 28.5 Å². The van der Waals surface area contributed by atoms with Crippen LogP contribution >= 0.6 is 7.82 Å². The highest BCUT2D eigenvalue weighted by Crippen LogP contribution is 2.42. The molecule has 0 bridgehead atoms. The average molecular weight is 285 g/mol. The fourth-order valence-electron chi connectivity index (χ4n) is 1.59. The van der Waals surface area contributed by atoms with Crippen LogP contribution in [0.2, 0.25) is 0 Å². The van der Waals surface area contributed by atoms with Crippen LogP contribution in [-0.2, 0) is 16.4 Å². The summed E-state index contributed by atoms with van der Waals surface area (Å²) in [5.74, 6) is 0.253. The van der Waals surface area contributed by atoms with Gasteiger partial charge in [0.2, 0.25) is 0 Å². The minimum atomic E-state index is -4.51. The van der Waals surface area contributed by atoms with E-state index in [2.05, 4.69) is 0 Å². The van der Waals surface area contributed by atoms with Crippen LogP contribution in [0, 0.1) is 0 Å². The Morgan fingerprint density at radius 3 is 2.22 bits per heavy atom. The van der Waals surface area contributed by atoms with E-state index >= 15 is 0 Å². The molecular weight excluding hydrogens is 266 g/mol. The molecule has 0 fully saturated rings. The van der Waals surface area contributed by atoms with E-state index in [0.29, 0.717) is 0 Å². The summed E-state index contributed by atoms with van der Waals surface area (Å²) in [6, 6.07) is 5.38. The van der Waals surface area contributed by atoms with E-state index in [0.717, 1.165) is 17.5 Å². The molecule has 0 unspecified atom stereocenters. The fourth-order valence-corrected chi connectivity index (χ4v) is 2.01. The van der Waals surface area contributed by atoms with E-state index in [1.165, 1.54) is 0 Å². The summed E-state index contributed by atoms with van der Waals surface area (Å²) in [6.45, 7) is 7.97. The molecule has 0 aliphatic carbocycles. The molecule has 0 amide bonds. The van der Waals surface area contributed by atoms with Gasteiger partial charge in [-0.1, -0.05) is 39.8 Å². The first kappa shape index (κ1) is 17.7. The maximum Gasteiger partial charge on any atom is 0.524 e. The van der Waals surface area contributed by atoms with E-state index in [4.69, 9.17) is 14.3 Å². The number of benzene rings is 1. The third-order valence-electron chi connectivity index (χ3n) is 2.48. The fraction of sp³-hybridized carbons (Fsp3) is 0.500. The largest absolute Gasteiger partial charge is 0.524 e. The topological polar surface area (TPSA) is 66.8 Å². The maximum absolute atomic E-state index is 10.9. The van der Waals surface area contributed by atoms with Gasteiger partial charge in [0.15, 0.2) is 0 Å². The van der Waals surface area contributed by atoms with E-state index in [1.54, 1.807) is 6.07 Å². The van der Waals surface area contributed by atoms with Crippen molar-refractivity contribution in [3.63, 3.8) is 0 Å². The molecule has 0 saturated carbocycles. The first-order valence-electron chi connectivity index (χ1n) is 5.52. The Morgan fingerprint density at radius 1 is 1.28 bits per heavy atom. The van der Waals surface area contributed by atoms with Crippen molar-refractivity contribution in [3.05, 3.63) is 29.3 Å². The molecule has 0 spiro atoms. The predicted octanol–water partition coefficient (Wildman–Crippen LogP) is 2.64. The van der Waals surface area contributed by atoms with Gasteiger partial charge in [-0.15, -0.1) is 0 Å². The summed E-state index contributed by atoms with van der Waals surface area (Å²) in [5, 5.41) is 0. The number of phosphoric acid groups is 1. The maximum atomic E-state index is 10.9. The zero-order valence-electron chi connectivity index (χ0n) is 11.2. The molecule has 1 aromatic carbocycles. The molecule has 2 N–H and O–H groups in total. The van der Waals surface area contributed by atoms with Crippen LogP contribution in [0.25, 0.3) is 0 Å². The molecule has 0 saturated heterocycles. The van der Waals surface area contributed by atoms with E-state index in [1.807, 2.05) is 39.8 Å². The van der Waals surface area contributed by atoms with Crippen LogP contribution in [0.3, 0.4) is 0 Å². The zero-order chi connectivity index (χ0) is 13.3. The lowest BCUT2D eigenvalue weighted by molar-refractivity contribution is 0.281. The van der Waals surface area contributed by atoms with Gasteiger partial charge in [0, 0.05) is 22.9 Å². The molecule has 4 nitrogen and oxygen atoms in total. The van der Waals surface area contributed by atoms with Crippen molar-refractivity contribution in [2.45, 2.75) is 39.5 Å². The Labute approximate surface area is 119 Å². The molecule has 0 heterocycles. The Kier molecular flexibility index (Phi) is 6.13. The first-order chi connectivity index (χ1) is 7.63. The molecule has 99 valence electrons. The van der Waals surface area contributed by atoms with Crippen molar-refractivity contribution in [1.82, 2.24) is 0 Å². The summed E-state index contributed by atoms with van der Waals surface area (Å²) in [7, 11) is -4.51. The second kappa shape index (κ2) is 6.23. The summed E-state index contributed by atoms with van der Waals surface area (Å²) < 4.78 is 15.6. The third kappa shape index (κ3) is 5.14. The van der Waals surface area contributed by atoms with Gasteiger partial charge in [-0.2, -0.15) is 0 Å². The summed E-state index contributed by atoms with van der Waals surface area (Å²) >= 11 is 0. The van der Waals surface area contributed by atoms with Gasteiger partial charge in [0.25, 0.3) is 0 Å². The Morgan fingerprint density at radius 2 is 1.83 bits per heavy atom. The van der Waals surface area contributed by atoms with Crippen LogP contribution in [-0.4, -0.2) is 27.1 Å². The van der Waals surface area contributed by atoms with Gasteiger partial charge in [0.05, 0.1) is 0 Å². The highest BCUT2D eigenvalue weighted by molar-refractivity contribution is 7.46. The van der Waals surface area contributed by atoms with Gasteiger partial charge < -0.3 is 4.52 Å². The summed E-state index contributed by atoms with van der Waals surface area (Å²) in [4.78, 5) is 17.8. The molecule has 0 atom stereocenters. The molecule has 0 aromatic heterocycles. The van der Waals surface area contributed by atoms with Crippen LogP contribution in [0.5, 0.6) is 5.75 Å². The lowest BCUT2D eigenvalue weighted by atomic mass is 9.85. The molecule has 18 heavy (non-hydrogen) atoms. The van der Waals surface area contributed by atoms with Gasteiger partial charge in [0.1, 0.15) is 5.75 Å². The summed E-state index contributed by atoms with van der Waals surface area (Å²) in [6.07, 6.45) is 0.874. The summed E-state index contributed by atoms with van der Waals surface area (Å²) in [5.41, 5.74) is 1.70. The number of hydrogen-bond donors (Lipinski definition) is 2. The Hall–Kier alpha value is -0.298. The number of aryl methyl sites for hydroxylation is 1. The molecule has 0 aliphatic rings. The number of phosphoric ester groups is 1. The van der Waals surface area contributed by atoms with E-state index in [9.17, 15) is 4.57 Å². The minimum Gasteiger partial charge on any atom is -0.404 e. The monoisotopic (exact) mass is 285 g/mol. The second-order valence-corrected chi connectivity index (χ2v) is 6.18. The standard InChI is InChI=1S/C12H19O4P.Al/c1-5-9-6-7-11(16-17(13,14)15)10(8-9)12(2,3)4;/h6-8H,5H2,1-4H3,(H2,13,14,15);. The Balaban J connectivity index is 0.00000289. The molecule has 6 heteroatoms. The van der Waals surface area contributed by atoms with Gasteiger partial charge in [-0.05, 0) is 23.5 Å². The lowest BCUT2D eigenvalue weighted by Gasteiger charge is -2.23. The predicted molar refractivity (Wildman–Crippen MR) is 72.9 cm³/mol. The number of rotatable bonds is 3. The van der Waals surface area contributed by atoms with Crippen LogP contribution in [0.15, 0.2) is 18.2 Å². The van der Waals surface area contributed by atoms with Gasteiger partial charge >= 0.3 is 7.82 Å². The van der Waals surface area contributed by atoms with Crippen LogP contribution < -0.4 is 4.52 Å². The van der Waals surface area contributed by atoms with Crippen molar-refractivity contribution in [1.29, 1.82) is 0 Å². The molecule has 0 aliphatic heterocycles. The third-order valence-corrected chi connectivity index (χ3v) is 2.91. The van der Waals surface area contributed by atoms with Crippen LogP contribution in [0.1, 0.15) is 38.8 Å². The zero-order valence-corrected chi connectivity index (χ0v) is 13.2. The lowest BCUT2D eigenvalue weighted by Crippen LogP contribution is -2.13. The smallest absolute Gasteiger partial charge is 0.404 e. The first-order valence-corrected chi connectivity index (χ1v) is 7.05. The van der Waals surface area contributed by atoms with Crippen molar-refractivity contribution >= 4 is 25.2 Å². The Bertz CT molecular complexity index is 448. The van der Waals surface area contributed by atoms with E-state index < -0.39 is 7.82 Å². The van der Waals surface area contributed by atoms with Crippen LogP contribution in [0.4, 0.5) is 0 Å². The van der Waals surface area contributed by atoms with Gasteiger partial charge in [-0.25, -0.2) is 4.57 Å². The molecule has 1 rings (SSSR count). The highest BCUT2D eigenvalue weighted by Gasteiger charge is 2.24.